The van der Waals surface area contributed by atoms with Gasteiger partial charge in [0.05, 0.1) is 17.8 Å². The van der Waals surface area contributed by atoms with Crippen molar-refractivity contribution in [2.75, 3.05) is 37.9 Å². The molecule has 0 aliphatic heterocycles. The van der Waals surface area contributed by atoms with Crippen molar-refractivity contribution >= 4 is 28.6 Å². The van der Waals surface area contributed by atoms with E-state index >= 15 is 0 Å². The van der Waals surface area contributed by atoms with Crippen LogP contribution in [0.1, 0.15) is 19.8 Å². The number of nitrogens with zero attached hydrogens (tertiary/aromatic N) is 4. The van der Waals surface area contributed by atoms with Crippen LogP contribution in [0.4, 0.5) is 11.8 Å². The Kier molecular flexibility index (Phi) is 7.34. The third kappa shape index (κ3) is 5.87. The zero-order valence-electron chi connectivity index (χ0n) is 19.5. The minimum atomic E-state index is -0.190. The Morgan fingerprint density at radius 1 is 1.18 bits per heavy atom. The number of aromatic nitrogens is 3. The molecule has 0 bridgehead atoms. The largest absolute Gasteiger partial charge is 0.457 e. The number of ether oxygens (including phenoxy) is 2. The molecule has 1 aromatic carbocycles. The highest BCUT2D eigenvalue weighted by molar-refractivity contribution is 5.87. The van der Waals surface area contributed by atoms with Gasteiger partial charge in [0.2, 0.25) is 11.9 Å². The minimum Gasteiger partial charge on any atom is -0.457 e. The van der Waals surface area contributed by atoms with Crippen LogP contribution in [0.3, 0.4) is 0 Å². The van der Waals surface area contributed by atoms with E-state index in [9.17, 15) is 4.79 Å². The second-order valence-corrected chi connectivity index (χ2v) is 7.92. The van der Waals surface area contributed by atoms with E-state index in [-0.39, 0.29) is 5.91 Å². The molecular formula is C25H28N6O3. The van der Waals surface area contributed by atoms with Crippen molar-refractivity contribution in [3.63, 3.8) is 0 Å². The van der Waals surface area contributed by atoms with E-state index in [1.165, 1.54) is 12.6 Å². The number of nitrogens with one attached hydrogen (secondary N) is 2. The van der Waals surface area contributed by atoms with Gasteiger partial charge in [-0.1, -0.05) is 6.08 Å². The summed E-state index contributed by atoms with van der Waals surface area (Å²) in [5.74, 6) is 1.98. The summed E-state index contributed by atoms with van der Waals surface area (Å²) in [5, 5.41) is 6.87. The lowest BCUT2D eigenvalue weighted by Crippen LogP contribution is -2.26. The molecule has 1 aliphatic carbocycles. The molecule has 2 heterocycles. The molecule has 34 heavy (non-hydrogen) atoms. The molecule has 1 aliphatic rings. The minimum absolute atomic E-state index is 0.190. The molecule has 0 unspecified atom stereocenters. The number of likely N-dealkylation sites (N-methyl/N-ethyl adjacent to an activating group) is 1. The highest BCUT2D eigenvalue weighted by Crippen LogP contribution is 2.27. The summed E-state index contributed by atoms with van der Waals surface area (Å²) in [5.41, 5.74) is 3.01. The molecule has 0 radical (unpaired) electrons. The number of rotatable bonds is 9. The molecule has 9 nitrogen and oxygen atoms in total. The van der Waals surface area contributed by atoms with Crippen LogP contribution >= 0.6 is 0 Å². The molecule has 1 amide bonds. The number of allylic oxidation sites excluding steroid dienone is 3. The summed E-state index contributed by atoms with van der Waals surface area (Å²) in [6.07, 6.45) is 9.54. The SMILES string of the molecule is COCCN(C)C1=C(Nc2ncc3cc(Oc4ccnc(NC(C)=O)c4)ccc3n2)C=CCC1. The number of anilines is 2. The summed E-state index contributed by atoms with van der Waals surface area (Å²) in [7, 11) is 3.78. The standard InChI is InChI=1S/C25H28N6O3/c1-17(32)28-24-15-20(10-11-26-24)34-19-8-9-21-18(14-19)16-27-25(29-21)30-22-6-4-5-7-23(22)31(2)12-13-33-3/h4,6,8-11,14-16H,5,7,12-13H2,1-3H3,(H,26,28,32)(H,27,29,30). The van der Waals surface area contributed by atoms with Crippen molar-refractivity contribution < 1.29 is 14.3 Å². The Hall–Kier alpha value is -3.98. The fraction of sp³-hybridized carbons (Fsp3) is 0.280. The zero-order valence-corrected chi connectivity index (χ0v) is 19.5. The van der Waals surface area contributed by atoms with Crippen LogP contribution in [0.2, 0.25) is 0 Å². The first kappa shape index (κ1) is 23.2. The monoisotopic (exact) mass is 460 g/mol. The Labute approximate surface area is 198 Å². The summed E-state index contributed by atoms with van der Waals surface area (Å²) < 4.78 is 11.2. The van der Waals surface area contributed by atoms with Crippen molar-refractivity contribution in [3.8, 4) is 11.5 Å². The molecule has 2 N–H and O–H groups in total. The van der Waals surface area contributed by atoms with Crippen LogP contribution in [0.5, 0.6) is 11.5 Å². The van der Waals surface area contributed by atoms with Crippen LogP contribution in [0.15, 0.2) is 66.3 Å². The van der Waals surface area contributed by atoms with E-state index in [1.807, 2.05) is 18.2 Å². The number of benzene rings is 1. The molecule has 0 saturated heterocycles. The molecular weight excluding hydrogens is 432 g/mol. The highest BCUT2D eigenvalue weighted by atomic mass is 16.5. The number of pyridine rings is 1. The van der Waals surface area contributed by atoms with Crippen LogP contribution < -0.4 is 15.4 Å². The van der Waals surface area contributed by atoms with Gasteiger partial charge < -0.3 is 25.0 Å². The Morgan fingerprint density at radius 3 is 2.85 bits per heavy atom. The first-order chi connectivity index (χ1) is 16.5. The lowest BCUT2D eigenvalue weighted by molar-refractivity contribution is -0.114. The molecule has 0 saturated carbocycles. The Balaban J connectivity index is 1.51. The van der Waals surface area contributed by atoms with Gasteiger partial charge in [0.1, 0.15) is 17.3 Å². The number of hydrogen-bond acceptors (Lipinski definition) is 8. The first-order valence-electron chi connectivity index (χ1n) is 11.1. The van der Waals surface area contributed by atoms with E-state index < -0.39 is 0 Å². The second-order valence-electron chi connectivity index (χ2n) is 7.92. The van der Waals surface area contributed by atoms with Gasteiger partial charge in [-0.3, -0.25) is 4.79 Å². The summed E-state index contributed by atoms with van der Waals surface area (Å²) in [6.45, 7) is 2.92. The van der Waals surface area contributed by atoms with Crippen LogP contribution in [-0.4, -0.2) is 53.1 Å². The molecule has 3 aromatic rings. The van der Waals surface area contributed by atoms with Crippen molar-refractivity contribution in [1.29, 1.82) is 0 Å². The fourth-order valence-electron chi connectivity index (χ4n) is 3.64. The highest BCUT2D eigenvalue weighted by Gasteiger charge is 2.14. The first-order valence-corrected chi connectivity index (χ1v) is 11.1. The summed E-state index contributed by atoms with van der Waals surface area (Å²) in [4.78, 5) is 26.7. The molecule has 2 aromatic heterocycles. The second kappa shape index (κ2) is 10.8. The molecule has 4 rings (SSSR count). The average Bonchev–Trinajstić information content (AvgIpc) is 2.83. The quantitative estimate of drug-likeness (QED) is 0.487. The maximum atomic E-state index is 11.3. The van der Waals surface area contributed by atoms with Gasteiger partial charge in [0.15, 0.2) is 0 Å². The normalized spacial score (nSPS) is 13.1. The number of hydrogen-bond donors (Lipinski definition) is 2. The summed E-state index contributed by atoms with van der Waals surface area (Å²) >= 11 is 0. The van der Waals surface area contributed by atoms with Crippen LogP contribution in [0.25, 0.3) is 10.9 Å². The van der Waals surface area contributed by atoms with Crippen molar-refractivity contribution in [2.24, 2.45) is 0 Å². The van der Waals surface area contributed by atoms with Gasteiger partial charge >= 0.3 is 0 Å². The number of fused-ring (bicyclic) bond motifs is 1. The Bertz CT molecular complexity index is 1240. The topological polar surface area (TPSA) is 102 Å². The number of carbonyl (C=O) groups excluding carboxylic acids is 1. The van der Waals surface area contributed by atoms with Crippen molar-refractivity contribution in [1.82, 2.24) is 19.9 Å². The van der Waals surface area contributed by atoms with Gasteiger partial charge in [-0.15, -0.1) is 0 Å². The molecule has 0 spiro atoms. The van der Waals surface area contributed by atoms with Crippen molar-refractivity contribution in [2.45, 2.75) is 19.8 Å². The van der Waals surface area contributed by atoms with Gasteiger partial charge in [-0.05, 0) is 43.2 Å². The molecule has 176 valence electrons. The van der Waals surface area contributed by atoms with E-state index in [1.54, 1.807) is 31.6 Å². The predicted octanol–water partition coefficient (Wildman–Crippen LogP) is 4.33. The lowest BCUT2D eigenvalue weighted by atomic mass is 10.1. The maximum Gasteiger partial charge on any atom is 0.227 e. The molecule has 0 atom stereocenters. The van der Waals surface area contributed by atoms with E-state index in [0.29, 0.717) is 29.9 Å². The molecule has 0 fully saturated rings. The fourth-order valence-corrected chi connectivity index (χ4v) is 3.64. The smallest absolute Gasteiger partial charge is 0.227 e. The van der Waals surface area contributed by atoms with E-state index in [4.69, 9.17) is 9.47 Å². The van der Waals surface area contributed by atoms with Gasteiger partial charge in [0, 0.05) is 57.2 Å². The predicted molar refractivity (Wildman–Crippen MR) is 132 cm³/mol. The maximum absolute atomic E-state index is 11.3. The number of methoxy groups -OCH3 is 1. The number of amides is 1. The average molecular weight is 461 g/mol. The lowest BCUT2D eigenvalue weighted by Gasteiger charge is -2.27. The Morgan fingerprint density at radius 2 is 2.03 bits per heavy atom. The van der Waals surface area contributed by atoms with E-state index in [0.717, 1.165) is 36.0 Å². The molecule has 9 heteroatoms. The van der Waals surface area contributed by atoms with Crippen LogP contribution in [0, 0.1) is 0 Å². The number of carbonyl (C=O) groups is 1. The third-order valence-electron chi connectivity index (χ3n) is 5.30. The van der Waals surface area contributed by atoms with E-state index in [2.05, 4.69) is 49.7 Å². The van der Waals surface area contributed by atoms with Gasteiger partial charge in [0.25, 0.3) is 0 Å². The van der Waals surface area contributed by atoms with Crippen LogP contribution in [-0.2, 0) is 9.53 Å². The van der Waals surface area contributed by atoms with Crippen molar-refractivity contribution in [3.05, 3.63) is 66.3 Å². The third-order valence-corrected chi connectivity index (χ3v) is 5.30. The zero-order chi connectivity index (χ0) is 23.9. The van der Waals surface area contributed by atoms with Gasteiger partial charge in [-0.25, -0.2) is 15.0 Å². The van der Waals surface area contributed by atoms with Gasteiger partial charge in [-0.2, -0.15) is 0 Å². The summed E-state index contributed by atoms with van der Waals surface area (Å²) in [6, 6.07) is 9.01.